The predicted octanol–water partition coefficient (Wildman–Crippen LogP) is 3.42. The molecule has 0 atom stereocenters. The summed E-state index contributed by atoms with van der Waals surface area (Å²) in [7, 11) is 0. The van der Waals surface area contributed by atoms with Gasteiger partial charge in [-0.2, -0.15) is 0 Å². The lowest BCUT2D eigenvalue weighted by molar-refractivity contribution is -0.384. The van der Waals surface area contributed by atoms with Crippen LogP contribution in [0.25, 0.3) is 11.3 Å². The minimum Gasteiger partial charge on any atom is -0.355 e. The van der Waals surface area contributed by atoms with E-state index in [0.29, 0.717) is 0 Å². The number of piperidine rings is 1. The molecule has 0 amide bonds. The normalized spacial score (nSPS) is 15.2. The van der Waals surface area contributed by atoms with Crippen LogP contribution in [0.5, 0.6) is 0 Å². The Morgan fingerprint density at radius 3 is 2.35 bits per heavy atom. The minimum absolute atomic E-state index is 0.0875. The molecule has 2 aromatic rings. The molecule has 1 saturated heterocycles. The average molecular weight is 315 g/mol. The Bertz CT molecular complexity index is 687. The van der Waals surface area contributed by atoms with Crippen LogP contribution in [0.4, 0.5) is 11.5 Å². The van der Waals surface area contributed by atoms with Crippen LogP contribution < -0.4 is 4.90 Å². The molecule has 7 heteroatoms. The molecule has 0 radical (unpaired) electrons. The highest BCUT2D eigenvalue weighted by atomic mass is 16.6. The summed E-state index contributed by atoms with van der Waals surface area (Å²) < 4.78 is 1.95. The quantitative estimate of drug-likeness (QED) is 0.638. The number of anilines is 1. The summed E-state index contributed by atoms with van der Waals surface area (Å²) in [6.07, 6.45) is 3.60. The monoisotopic (exact) mass is 315 g/mol. The fraction of sp³-hybridized carbons (Fsp3) is 0.500. The Balaban J connectivity index is 2.02. The van der Waals surface area contributed by atoms with E-state index in [1.165, 1.54) is 31.4 Å². The number of hydrogen-bond acceptors (Lipinski definition) is 5. The van der Waals surface area contributed by atoms with Gasteiger partial charge in [0.1, 0.15) is 5.69 Å². The molecule has 1 aromatic heterocycles. The molecule has 1 aliphatic heterocycles. The highest BCUT2D eigenvalue weighted by Crippen LogP contribution is 2.33. The van der Waals surface area contributed by atoms with Crippen LogP contribution in [0, 0.1) is 10.1 Å². The van der Waals surface area contributed by atoms with Gasteiger partial charge in [0.2, 0.25) is 0 Å². The predicted molar refractivity (Wildman–Crippen MR) is 88.6 cm³/mol. The number of non-ortho nitro benzene ring substituents is 1. The molecule has 0 aliphatic carbocycles. The van der Waals surface area contributed by atoms with Gasteiger partial charge in [-0.15, -0.1) is 5.10 Å². The highest BCUT2D eigenvalue weighted by Gasteiger charge is 2.23. The van der Waals surface area contributed by atoms with Gasteiger partial charge in [0.25, 0.3) is 5.69 Å². The summed E-state index contributed by atoms with van der Waals surface area (Å²) in [6, 6.07) is 6.75. The second-order valence-electron chi connectivity index (χ2n) is 6.15. The maximum atomic E-state index is 10.8. The lowest BCUT2D eigenvalue weighted by atomic mass is 10.1. The first kappa shape index (κ1) is 15.5. The van der Waals surface area contributed by atoms with Crippen LogP contribution >= 0.6 is 0 Å². The average Bonchev–Trinajstić information content (AvgIpc) is 3.01. The van der Waals surface area contributed by atoms with Crippen molar-refractivity contribution >= 4 is 11.5 Å². The number of nitro benzene ring substituents is 1. The summed E-state index contributed by atoms with van der Waals surface area (Å²) in [6.45, 7) is 6.17. The molecule has 122 valence electrons. The van der Waals surface area contributed by atoms with Crippen molar-refractivity contribution in [2.75, 3.05) is 18.0 Å². The zero-order chi connectivity index (χ0) is 16.4. The Labute approximate surface area is 135 Å². The van der Waals surface area contributed by atoms with Crippen molar-refractivity contribution < 1.29 is 4.92 Å². The van der Waals surface area contributed by atoms with Crippen molar-refractivity contribution in [1.82, 2.24) is 15.0 Å². The van der Waals surface area contributed by atoms with Crippen LogP contribution in [0.15, 0.2) is 24.3 Å². The standard InChI is InChI=1S/C16H21N5O2/c1-12(2)20-16(19-10-4-3-5-11-19)15(17-18-20)13-6-8-14(9-7-13)21(22)23/h6-9,12H,3-5,10-11H2,1-2H3. The van der Waals surface area contributed by atoms with Gasteiger partial charge < -0.3 is 4.90 Å². The summed E-state index contributed by atoms with van der Waals surface area (Å²) in [4.78, 5) is 12.8. The highest BCUT2D eigenvalue weighted by molar-refractivity contribution is 5.73. The molecule has 23 heavy (non-hydrogen) atoms. The van der Waals surface area contributed by atoms with Crippen LogP contribution in [-0.2, 0) is 0 Å². The van der Waals surface area contributed by atoms with E-state index in [2.05, 4.69) is 29.1 Å². The van der Waals surface area contributed by atoms with Gasteiger partial charge in [0.05, 0.1) is 11.0 Å². The van der Waals surface area contributed by atoms with E-state index >= 15 is 0 Å². The van der Waals surface area contributed by atoms with Crippen LogP contribution in [0.2, 0.25) is 0 Å². The van der Waals surface area contributed by atoms with Crippen molar-refractivity contribution in [3.63, 3.8) is 0 Å². The van der Waals surface area contributed by atoms with Crippen LogP contribution in [0.3, 0.4) is 0 Å². The Morgan fingerprint density at radius 2 is 1.78 bits per heavy atom. The fourth-order valence-electron chi connectivity index (χ4n) is 2.96. The van der Waals surface area contributed by atoms with E-state index in [9.17, 15) is 10.1 Å². The summed E-state index contributed by atoms with van der Waals surface area (Å²) in [5, 5.41) is 19.5. The van der Waals surface area contributed by atoms with Gasteiger partial charge >= 0.3 is 0 Å². The van der Waals surface area contributed by atoms with E-state index in [1.54, 1.807) is 12.1 Å². The van der Waals surface area contributed by atoms with Crippen molar-refractivity contribution in [3.8, 4) is 11.3 Å². The topological polar surface area (TPSA) is 77.1 Å². The Morgan fingerprint density at radius 1 is 1.13 bits per heavy atom. The zero-order valence-electron chi connectivity index (χ0n) is 13.5. The molecule has 0 N–H and O–H groups in total. The summed E-state index contributed by atoms with van der Waals surface area (Å²) in [5.74, 6) is 1.02. The number of benzene rings is 1. The molecule has 0 bridgehead atoms. The Kier molecular flexibility index (Phi) is 4.27. The van der Waals surface area contributed by atoms with Gasteiger partial charge in [-0.05, 0) is 45.2 Å². The second-order valence-corrected chi connectivity index (χ2v) is 6.15. The molecule has 0 saturated carbocycles. The number of hydrogen-bond donors (Lipinski definition) is 0. The lowest BCUT2D eigenvalue weighted by Crippen LogP contribution is -2.32. The molecule has 3 rings (SSSR count). The third kappa shape index (κ3) is 3.04. The zero-order valence-corrected chi connectivity index (χ0v) is 13.5. The first-order chi connectivity index (χ1) is 11.1. The van der Waals surface area contributed by atoms with Crippen LogP contribution in [-0.4, -0.2) is 33.0 Å². The van der Waals surface area contributed by atoms with E-state index in [-0.39, 0.29) is 16.7 Å². The SMILES string of the molecule is CC(C)n1nnc(-c2ccc([N+](=O)[O-])cc2)c1N1CCCCC1. The van der Waals surface area contributed by atoms with Gasteiger partial charge in [0.15, 0.2) is 5.82 Å². The second kappa shape index (κ2) is 6.36. The number of rotatable bonds is 4. The summed E-state index contributed by atoms with van der Waals surface area (Å²) >= 11 is 0. The minimum atomic E-state index is -0.389. The molecular formula is C16H21N5O2. The smallest absolute Gasteiger partial charge is 0.269 e. The van der Waals surface area contributed by atoms with Crippen molar-refractivity contribution in [2.45, 2.75) is 39.2 Å². The van der Waals surface area contributed by atoms with Gasteiger partial charge in [0, 0.05) is 30.8 Å². The van der Waals surface area contributed by atoms with Crippen molar-refractivity contribution in [1.29, 1.82) is 0 Å². The van der Waals surface area contributed by atoms with E-state index in [4.69, 9.17) is 0 Å². The van der Waals surface area contributed by atoms with Gasteiger partial charge in [-0.25, -0.2) is 4.68 Å². The van der Waals surface area contributed by atoms with Crippen LogP contribution in [0.1, 0.15) is 39.2 Å². The van der Waals surface area contributed by atoms with Crippen molar-refractivity contribution in [3.05, 3.63) is 34.4 Å². The lowest BCUT2D eigenvalue weighted by Gasteiger charge is -2.30. The largest absolute Gasteiger partial charge is 0.355 e. The maximum absolute atomic E-state index is 10.8. The maximum Gasteiger partial charge on any atom is 0.269 e. The molecule has 7 nitrogen and oxygen atoms in total. The Hall–Kier alpha value is -2.44. The third-order valence-electron chi connectivity index (χ3n) is 4.17. The fourth-order valence-corrected chi connectivity index (χ4v) is 2.96. The first-order valence-corrected chi connectivity index (χ1v) is 8.03. The molecule has 2 heterocycles. The number of aromatic nitrogens is 3. The molecule has 1 aromatic carbocycles. The summed E-state index contributed by atoms with van der Waals surface area (Å²) in [5.41, 5.74) is 1.75. The van der Waals surface area contributed by atoms with Crippen molar-refractivity contribution in [2.24, 2.45) is 0 Å². The third-order valence-corrected chi connectivity index (χ3v) is 4.17. The number of nitro groups is 1. The molecule has 0 spiro atoms. The molecule has 0 unspecified atom stereocenters. The molecule has 1 aliphatic rings. The van der Waals surface area contributed by atoms with E-state index in [0.717, 1.165) is 30.2 Å². The van der Waals surface area contributed by atoms with E-state index < -0.39 is 0 Å². The van der Waals surface area contributed by atoms with E-state index in [1.807, 2.05) is 4.68 Å². The van der Waals surface area contributed by atoms with Gasteiger partial charge in [-0.1, -0.05) is 5.21 Å². The van der Waals surface area contributed by atoms with Gasteiger partial charge in [-0.3, -0.25) is 10.1 Å². The molecular weight excluding hydrogens is 294 g/mol. The molecule has 1 fully saturated rings. The number of nitrogens with zero attached hydrogens (tertiary/aromatic N) is 5. The first-order valence-electron chi connectivity index (χ1n) is 8.03.